The molecule has 0 bridgehead atoms. The van der Waals surface area contributed by atoms with Gasteiger partial charge in [-0.25, -0.2) is 19.9 Å². The molecule has 0 saturated heterocycles. The van der Waals surface area contributed by atoms with Gasteiger partial charge in [0.2, 0.25) is 0 Å². The molecule has 0 fully saturated rings. The van der Waals surface area contributed by atoms with Gasteiger partial charge in [-0.2, -0.15) is 0 Å². The van der Waals surface area contributed by atoms with E-state index in [9.17, 15) is 39.6 Å². The van der Waals surface area contributed by atoms with Crippen LogP contribution in [0.3, 0.4) is 0 Å². The molecule has 0 aromatic carbocycles. The highest BCUT2D eigenvalue weighted by Crippen LogP contribution is 2.24. The van der Waals surface area contributed by atoms with Crippen molar-refractivity contribution in [3.63, 3.8) is 0 Å². The third-order valence-electron chi connectivity index (χ3n) is 5.22. The molecule has 8 N–H and O–H groups in total. The second-order valence-electron chi connectivity index (χ2n) is 8.92. The number of pyridine rings is 4. The normalized spacial score (nSPS) is 13.5. The van der Waals surface area contributed by atoms with E-state index in [1.807, 2.05) is 0 Å². The average Bonchev–Trinajstić information content (AvgIpc) is 3.16. The third kappa shape index (κ3) is 14.7. The van der Waals surface area contributed by atoms with Crippen molar-refractivity contribution in [2.24, 2.45) is 0 Å². The van der Waals surface area contributed by atoms with E-state index in [0.29, 0.717) is 23.0 Å². The number of rotatable bonds is 0. The summed E-state index contributed by atoms with van der Waals surface area (Å²) in [5.74, 6) is -8.68. The van der Waals surface area contributed by atoms with Crippen LogP contribution in [0.1, 0.15) is 0 Å². The number of hydrogen-bond donors (Lipinski definition) is 4. The lowest BCUT2D eigenvalue weighted by molar-refractivity contribution is -0.378. The summed E-state index contributed by atoms with van der Waals surface area (Å²) in [7, 11) is 0. The minimum atomic E-state index is -1.23. The van der Waals surface area contributed by atoms with Crippen molar-refractivity contribution in [3.05, 3.63) is 141 Å². The van der Waals surface area contributed by atoms with Crippen molar-refractivity contribution < 1.29 is 80.0 Å². The number of nitrogens with one attached hydrogen (secondary N) is 4. The van der Waals surface area contributed by atoms with Crippen LogP contribution in [0.2, 0.25) is 0 Å². The van der Waals surface area contributed by atoms with Crippen molar-refractivity contribution >= 4 is 69.5 Å². The van der Waals surface area contributed by atoms with Crippen LogP contribution >= 0.6 is 46.4 Å². The zero-order valence-corrected chi connectivity index (χ0v) is 28.8. The molecule has 0 unspecified atom stereocenters. The maximum absolute atomic E-state index is 10.7. The lowest BCUT2D eigenvalue weighted by Crippen LogP contribution is -2.31. The van der Waals surface area contributed by atoms with Crippen molar-refractivity contribution in [2.75, 3.05) is 0 Å². The number of H-pyrrole nitrogens is 4. The molecule has 4 heterocycles. The van der Waals surface area contributed by atoms with E-state index in [4.69, 9.17) is 66.8 Å². The van der Waals surface area contributed by atoms with E-state index < -0.39 is 66.3 Å². The Hall–Kier alpha value is -6.20. The van der Waals surface area contributed by atoms with E-state index in [-0.39, 0.29) is 0 Å². The first-order valence-corrected chi connectivity index (χ1v) is 15.1. The van der Waals surface area contributed by atoms with Gasteiger partial charge in [-0.05, 0) is 23.0 Å². The second kappa shape index (κ2) is 22.5. The van der Waals surface area contributed by atoms with Gasteiger partial charge in [0.1, 0.15) is 23.0 Å². The fraction of sp³-hybridized carbons (Fsp3) is 0. The molecule has 0 amide bonds. The molecule has 0 atom stereocenters. The Morgan fingerprint density at radius 1 is 0.346 bits per heavy atom. The van der Waals surface area contributed by atoms with Crippen molar-refractivity contribution in [3.8, 4) is 23.0 Å². The average molecular weight is 798 g/mol. The zero-order chi connectivity index (χ0) is 39.4. The second-order valence-corrected chi connectivity index (χ2v) is 10.4. The Bertz CT molecular complexity index is 1620. The maximum atomic E-state index is 10.7. The van der Waals surface area contributed by atoms with Gasteiger partial charge in [0, 0.05) is 48.5 Å². The molecule has 16 nitrogen and oxygen atoms in total. The van der Waals surface area contributed by atoms with E-state index >= 15 is 0 Å². The molecule has 0 aliphatic heterocycles. The summed E-state index contributed by atoms with van der Waals surface area (Å²) in [6.07, 6.45) is 13.3. The summed E-state index contributed by atoms with van der Waals surface area (Å²) in [6, 6.07) is 12.7. The Morgan fingerprint density at radius 2 is 0.481 bits per heavy atom. The minimum absolute atomic E-state index is 0.291. The van der Waals surface area contributed by atoms with Gasteiger partial charge in [0.15, 0.2) is 72.7 Å². The zero-order valence-electron chi connectivity index (χ0n) is 25.8. The van der Waals surface area contributed by atoms with Crippen LogP contribution in [0.25, 0.3) is 0 Å². The van der Waals surface area contributed by atoms with Gasteiger partial charge in [0.05, 0.1) is 20.1 Å². The number of carbonyl (C=O) groups excluding carboxylic acids is 4. The van der Waals surface area contributed by atoms with E-state index in [1.54, 1.807) is 98.1 Å². The molecule has 2 aliphatic carbocycles. The van der Waals surface area contributed by atoms with Gasteiger partial charge in [-0.15, -0.1) is 0 Å². The van der Waals surface area contributed by atoms with Crippen molar-refractivity contribution in [1.82, 2.24) is 0 Å². The molecule has 272 valence electrons. The van der Waals surface area contributed by atoms with Crippen LogP contribution in [-0.2, 0) is 19.2 Å². The highest BCUT2D eigenvalue weighted by molar-refractivity contribution is 6.55. The minimum Gasteiger partial charge on any atom is -0.869 e. The van der Waals surface area contributed by atoms with Crippen molar-refractivity contribution in [2.45, 2.75) is 0 Å². The Balaban J connectivity index is 0.000000318. The Morgan fingerprint density at radius 3 is 0.577 bits per heavy atom. The predicted octanol–water partition coefficient (Wildman–Crippen LogP) is -1.66. The first kappa shape index (κ1) is 43.8. The lowest BCUT2D eigenvalue weighted by atomic mass is 10.1. The summed E-state index contributed by atoms with van der Waals surface area (Å²) < 4.78 is 0. The van der Waals surface area contributed by atoms with E-state index in [0.717, 1.165) is 0 Å². The van der Waals surface area contributed by atoms with Gasteiger partial charge >= 0.3 is 0 Å². The number of aromatic nitrogens is 4. The third-order valence-corrected chi connectivity index (χ3v) is 6.60. The highest BCUT2D eigenvalue weighted by Gasteiger charge is 2.23. The summed E-state index contributed by atoms with van der Waals surface area (Å²) in [4.78, 5) is 53.9. The summed E-state index contributed by atoms with van der Waals surface area (Å²) in [5.41, 5.74) is 0. The van der Waals surface area contributed by atoms with Crippen LogP contribution in [0.5, 0.6) is 23.0 Å². The molecule has 0 saturated carbocycles. The number of aromatic amines is 4. The molecule has 2 aliphatic rings. The number of halogens is 4. The van der Waals surface area contributed by atoms with Gasteiger partial charge < -0.3 is 40.9 Å². The van der Waals surface area contributed by atoms with Gasteiger partial charge in [0.25, 0.3) is 0 Å². The van der Waals surface area contributed by atoms with E-state index in [1.165, 1.54) is 0 Å². The quantitative estimate of drug-likeness (QED) is 0.146. The monoisotopic (exact) mass is 796 g/mol. The van der Waals surface area contributed by atoms with Gasteiger partial charge in [-0.3, -0.25) is 19.2 Å². The van der Waals surface area contributed by atoms with Crippen LogP contribution < -0.4 is 40.4 Å². The summed E-state index contributed by atoms with van der Waals surface area (Å²) in [5, 5.41) is 73.7. The van der Waals surface area contributed by atoms with Crippen LogP contribution in [-0.4, -0.2) is 43.6 Å². The number of carbonyl (C=O) groups is 4. The summed E-state index contributed by atoms with van der Waals surface area (Å²) >= 11 is 20.3. The number of hydrogen-bond acceptors (Lipinski definition) is 12. The topological polar surface area (TPSA) is 298 Å². The SMILES string of the molecule is O=C1C([O-])=C(Cl)C(=O)C([O-])=C1Cl.O=C1C([O-])=C(Cl)C(=O)C([O-])=C1Cl.Oc1cc[nH+]cc1.Oc1cc[nH+]cc1.Oc1cc[nH+]cc1.Oc1cc[nH+]cc1. The lowest BCUT2D eigenvalue weighted by Gasteiger charge is -2.23. The Kier molecular flexibility index (Phi) is 19.0. The number of Topliss-reactive ketones (excluding diaryl/α,β-unsaturated/α-hetero) is 4. The van der Waals surface area contributed by atoms with Crippen LogP contribution in [0.4, 0.5) is 0 Å². The number of ketones is 4. The molecule has 4 aromatic heterocycles. The standard InChI is InChI=1S/2C6H2Cl2O4.4C5H5NO/c2*7-1-3(9)5(11)2(8)6(12)4(1)10;4*7-5-1-3-6-4-2-5/h2*9,12H;4*1-4H,(H,6,7). The van der Waals surface area contributed by atoms with Gasteiger partial charge in [-0.1, -0.05) is 46.4 Å². The molecule has 0 radical (unpaired) electrons. The highest BCUT2D eigenvalue weighted by atomic mass is 35.5. The largest absolute Gasteiger partial charge is 0.869 e. The van der Waals surface area contributed by atoms with Crippen molar-refractivity contribution in [1.29, 1.82) is 0 Å². The number of aromatic hydroxyl groups is 4. The molecule has 6 rings (SSSR count). The number of allylic oxidation sites excluding steroid dienone is 4. The summed E-state index contributed by atoms with van der Waals surface area (Å²) in [6.45, 7) is 0. The van der Waals surface area contributed by atoms with E-state index in [2.05, 4.69) is 19.9 Å². The maximum Gasteiger partial charge on any atom is 0.190 e. The smallest absolute Gasteiger partial charge is 0.190 e. The van der Waals surface area contributed by atoms with Crippen LogP contribution in [0, 0.1) is 0 Å². The van der Waals surface area contributed by atoms with Crippen LogP contribution in [0.15, 0.2) is 141 Å². The fourth-order valence-electron chi connectivity index (χ4n) is 2.72. The molecule has 4 aromatic rings. The molecule has 52 heavy (non-hydrogen) atoms. The molecule has 0 spiro atoms. The molecule has 20 heteroatoms. The predicted molar refractivity (Wildman–Crippen MR) is 170 cm³/mol. The first-order valence-electron chi connectivity index (χ1n) is 13.6. The molecular weight excluding hydrogens is 774 g/mol. The first-order chi connectivity index (χ1) is 24.5. The fourth-order valence-corrected chi connectivity index (χ4v) is 3.41. The Labute approximate surface area is 312 Å². The molecular formula is C32H24Cl4N4O12.